The highest BCUT2D eigenvalue weighted by molar-refractivity contribution is 5.91. The predicted octanol–water partition coefficient (Wildman–Crippen LogP) is 2.48. The Labute approximate surface area is 119 Å². The number of urea groups is 1. The third-order valence-corrected chi connectivity index (χ3v) is 3.45. The molecule has 1 aromatic rings. The van der Waals surface area contributed by atoms with E-state index < -0.39 is 0 Å². The smallest absolute Gasteiger partial charge is 0.319 e. The lowest BCUT2D eigenvalue weighted by Crippen LogP contribution is -2.39. The molecule has 1 aromatic carbocycles. The second kappa shape index (κ2) is 7.75. The summed E-state index contributed by atoms with van der Waals surface area (Å²) in [7, 11) is 0. The summed E-state index contributed by atoms with van der Waals surface area (Å²) in [4.78, 5) is 12.0. The first-order chi connectivity index (χ1) is 9.79. The van der Waals surface area contributed by atoms with Crippen LogP contribution in [0.25, 0.3) is 0 Å². The lowest BCUT2D eigenvalue weighted by atomic mass is 9.96. The zero-order chi connectivity index (χ0) is 14.2. The molecule has 4 N–H and O–H groups in total. The predicted molar refractivity (Wildman–Crippen MR) is 80.0 cm³/mol. The Kier molecular flexibility index (Phi) is 5.68. The van der Waals surface area contributed by atoms with Crippen LogP contribution in [0.4, 0.5) is 10.5 Å². The standard InChI is InChI=1S/C15H23N3O2/c16-10-11-20-14-9-5-4-8-13(14)18-15(19)17-12-6-2-1-3-7-12/h4-5,8-9,12H,1-3,6-7,10-11,16H2,(H2,17,18,19). The number of nitrogens with one attached hydrogen (secondary N) is 2. The van der Waals surface area contributed by atoms with Crippen molar-refractivity contribution in [2.45, 2.75) is 38.1 Å². The minimum atomic E-state index is -0.166. The lowest BCUT2D eigenvalue weighted by molar-refractivity contribution is 0.244. The van der Waals surface area contributed by atoms with Crippen LogP contribution in [0.3, 0.4) is 0 Å². The molecule has 0 radical (unpaired) electrons. The molecule has 0 aromatic heterocycles. The van der Waals surface area contributed by atoms with Crippen molar-refractivity contribution in [2.75, 3.05) is 18.5 Å². The lowest BCUT2D eigenvalue weighted by Gasteiger charge is -2.23. The third kappa shape index (κ3) is 4.42. The molecular weight excluding hydrogens is 254 g/mol. The summed E-state index contributed by atoms with van der Waals surface area (Å²) in [6, 6.07) is 7.52. The highest BCUT2D eigenvalue weighted by Crippen LogP contribution is 2.24. The van der Waals surface area contributed by atoms with Crippen molar-refractivity contribution in [3.05, 3.63) is 24.3 Å². The van der Waals surface area contributed by atoms with Gasteiger partial charge in [-0.2, -0.15) is 0 Å². The maximum Gasteiger partial charge on any atom is 0.319 e. The van der Waals surface area contributed by atoms with E-state index >= 15 is 0 Å². The van der Waals surface area contributed by atoms with Crippen LogP contribution in [-0.2, 0) is 0 Å². The van der Waals surface area contributed by atoms with E-state index in [2.05, 4.69) is 10.6 Å². The number of benzene rings is 1. The molecule has 110 valence electrons. The van der Waals surface area contributed by atoms with E-state index in [1.165, 1.54) is 19.3 Å². The van der Waals surface area contributed by atoms with E-state index in [0.29, 0.717) is 30.6 Å². The molecule has 20 heavy (non-hydrogen) atoms. The Balaban J connectivity index is 1.89. The molecule has 0 saturated heterocycles. The molecule has 0 aliphatic heterocycles. The second-order valence-electron chi connectivity index (χ2n) is 5.07. The van der Waals surface area contributed by atoms with E-state index in [0.717, 1.165) is 12.8 Å². The van der Waals surface area contributed by atoms with Gasteiger partial charge >= 0.3 is 6.03 Å². The van der Waals surface area contributed by atoms with Crippen LogP contribution in [0.2, 0.25) is 0 Å². The van der Waals surface area contributed by atoms with E-state index in [9.17, 15) is 4.79 Å². The third-order valence-electron chi connectivity index (χ3n) is 3.45. The van der Waals surface area contributed by atoms with E-state index in [1.54, 1.807) is 0 Å². The molecule has 0 heterocycles. The number of para-hydroxylation sites is 2. The number of rotatable bonds is 5. The maximum absolute atomic E-state index is 12.0. The second-order valence-corrected chi connectivity index (χ2v) is 5.07. The summed E-state index contributed by atoms with van der Waals surface area (Å²) in [6.07, 6.45) is 5.80. The number of anilines is 1. The van der Waals surface area contributed by atoms with Crippen molar-refractivity contribution in [2.24, 2.45) is 5.73 Å². The fourth-order valence-corrected chi connectivity index (χ4v) is 2.46. The van der Waals surface area contributed by atoms with Gasteiger partial charge in [0.1, 0.15) is 12.4 Å². The van der Waals surface area contributed by atoms with Crippen molar-refractivity contribution < 1.29 is 9.53 Å². The molecule has 2 rings (SSSR count). The molecule has 5 nitrogen and oxygen atoms in total. The summed E-state index contributed by atoms with van der Waals surface area (Å²) in [5, 5.41) is 5.87. The van der Waals surface area contributed by atoms with Gasteiger partial charge in [0.15, 0.2) is 0 Å². The largest absolute Gasteiger partial charge is 0.490 e. The van der Waals surface area contributed by atoms with E-state index in [1.807, 2.05) is 24.3 Å². The molecular formula is C15H23N3O2. The quantitative estimate of drug-likeness (QED) is 0.774. The Bertz CT molecular complexity index is 431. The van der Waals surface area contributed by atoms with Gasteiger partial charge in [-0.3, -0.25) is 0 Å². The summed E-state index contributed by atoms with van der Waals surface area (Å²) >= 11 is 0. The van der Waals surface area contributed by atoms with Gasteiger partial charge in [0, 0.05) is 12.6 Å². The summed E-state index contributed by atoms with van der Waals surface area (Å²) in [5.74, 6) is 0.650. The van der Waals surface area contributed by atoms with Gasteiger partial charge in [-0.15, -0.1) is 0 Å². The molecule has 1 aliphatic rings. The van der Waals surface area contributed by atoms with Crippen molar-refractivity contribution in [1.82, 2.24) is 5.32 Å². The normalized spacial score (nSPS) is 15.7. The number of carbonyl (C=O) groups excluding carboxylic acids is 1. The topological polar surface area (TPSA) is 76.4 Å². The van der Waals surface area contributed by atoms with Gasteiger partial charge in [0.25, 0.3) is 0 Å². The minimum Gasteiger partial charge on any atom is -0.490 e. The van der Waals surface area contributed by atoms with Gasteiger partial charge < -0.3 is 21.1 Å². The highest BCUT2D eigenvalue weighted by atomic mass is 16.5. The zero-order valence-electron chi connectivity index (χ0n) is 11.7. The van der Waals surface area contributed by atoms with Crippen molar-refractivity contribution >= 4 is 11.7 Å². The molecule has 0 spiro atoms. The average Bonchev–Trinajstić information content (AvgIpc) is 2.47. The van der Waals surface area contributed by atoms with Crippen LogP contribution in [0.15, 0.2) is 24.3 Å². The van der Waals surface area contributed by atoms with Crippen molar-refractivity contribution in [3.63, 3.8) is 0 Å². The van der Waals surface area contributed by atoms with Crippen LogP contribution in [0.1, 0.15) is 32.1 Å². The molecule has 1 saturated carbocycles. The molecule has 1 aliphatic carbocycles. The Morgan fingerprint density at radius 2 is 2.00 bits per heavy atom. The van der Waals surface area contributed by atoms with Gasteiger partial charge in [-0.05, 0) is 25.0 Å². The van der Waals surface area contributed by atoms with Gasteiger partial charge in [-0.1, -0.05) is 31.4 Å². The van der Waals surface area contributed by atoms with Crippen LogP contribution in [-0.4, -0.2) is 25.2 Å². The van der Waals surface area contributed by atoms with Gasteiger partial charge in [0.05, 0.1) is 5.69 Å². The number of nitrogens with two attached hydrogens (primary N) is 1. The van der Waals surface area contributed by atoms with Gasteiger partial charge in [0.2, 0.25) is 0 Å². The first kappa shape index (κ1) is 14.7. The molecule has 0 unspecified atom stereocenters. The molecule has 0 bridgehead atoms. The van der Waals surface area contributed by atoms with Gasteiger partial charge in [-0.25, -0.2) is 4.79 Å². The SMILES string of the molecule is NCCOc1ccccc1NC(=O)NC1CCCCC1. The number of hydrogen-bond acceptors (Lipinski definition) is 3. The van der Waals surface area contributed by atoms with Crippen LogP contribution >= 0.6 is 0 Å². The average molecular weight is 277 g/mol. The Hall–Kier alpha value is -1.75. The summed E-state index contributed by atoms with van der Waals surface area (Å²) < 4.78 is 5.51. The zero-order valence-corrected chi connectivity index (χ0v) is 11.7. The summed E-state index contributed by atoms with van der Waals surface area (Å²) in [5.41, 5.74) is 6.10. The van der Waals surface area contributed by atoms with Crippen molar-refractivity contribution in [3.8, 4) is 5.75 Å². The monoisotopic (exact) mass is 277 g/mol. The number of ether oxygens (including phenoxy) is 1. The van der Waals surface area contributed by atoms with Crippen LogP contribution in [0.5, 0.6) is 5.75 Å². The van der Waals surface area contributed by atoms with E-state index in [-0.39, 0.29) is 6.03 Å². The number of hydrogen-bond donors (Lipinski definition) is 3. The van der Waals surface area contributed by atoms with E-state index in [4.69, 9.17) is 10.5 Å². The first-order valence-electron chi connectivity index (χ1n) is 7.29. The Morgan fingerprint density at radius 3 is 2.75 bits per heavy atom. The van der Waals surface area contributed by atoms with Crippen LogP contribution < -0.4 is 21.1 Å². The van der Waals surface area contributed by atoms with Crippen LogP contribution in [0, 0.1) is 0 Å². The van der Waals surface area contributed by atoms with Crippen molar-refractivity contribution in [1.29, 1.82) is 0 Å². The first-order valence-corrected chi connectivity index (χ1v) is 7.29. The Morgan fingerprint density at radius 1 is 1.25 bits per heavy atom. The fourth-order valence-electron chi connectivity index (χ4n) is 2.46. The number of amides is 2. The molecule has 1 fully saturated rings. The minimum absolute atomic E-state index is 0.166. The molecule has 2 amide bonds. The summed E-state index contributed by atoms with van der Waals surface area (Å²) in [6.45, 7) is 0.880. The number of carbonyl (C=O) groups is 1. The molecule has 0 atom stereocenters. The molecule has 5 heteroatoms. The highest BCUT2D eigenvalue weighted by Gasteiger charge is 2.16. The maximum atomic E-state index is 12.0. The fraction of sp³-hybridized carbons (Fsp3) is 0.533.